The van der Waals surface area contributed by atoms with E-state index in [-0.39, 0.29) is 0 Å². The van der Waals surface area contributed by atoms with Gasteiger partial charge in [-0.05, 0) is 18.2 Å². The van der Waals surface area contributed by atoms with Gasteiger partial charge in [0.15, 0.2) is 12.0 Å². The first-order chi connectivity index (χ1) is 4.86. The van der Waals surface area contributed by atoms with Crippen molar-refractivity contribution in [2.24, 2.45) is 0 Å². The molecular weight excluding hydrogens is 128 g/mol. The van der Waals surface area contributed by atoms with Gasteiger partial charge < -0.3 is 10.2 Å². The Morgan fingerprint density at radius 2 is 2.30 bits per heavy atom. The van der Waals surface area contributed by atoms with Gasteiger partial charge in [0.05, 0.1) is 0 Å². The zero-order valence-corrected chi connectivity index (χ0v) is 5.24. The quantitative estimate of drug-likeness (QED) is 0.554. The zero-order chi connectivity index (χ0) is 6.97. The van der Waals surface area contributed by atoms with Crippen LogP contribution in [0.1, 0.15) is 0 Å². The number of aromatic nitrogens is 1. The lowest BCUT2D eigenvalue weighted by atomic mass is 10.3. The van der Waals surface area contributed by atoms with E-state index in [1.165, 1.54) is 6.39 Å². The van der Waals surface area contributed by atoms with E-state index in [0.29, 0.717) is 5.69 Å². The van der Waals surface area contributed by atoms with Crippen LogP contribution in [0.2, 0.25) is 0 Å². The lowest BCUT2D eigenvalue weighted by molar-refractivity contribution is 0.602. The fraction of sp³-hybridized carbons (Fsp3) is 0. The van der Waals surface area contributed by atoms with E-state index in [1.807, 2.05) is 0 Å². The molecule has 2 aromatic rings. The molecule has 0 aliphatic rings. The number of rotatable bonds is 0. The Morgan fingerprint density at radius 3 is 3.20 bits per heavy atom. The van der Waals surface area contributed by atoms with Crippen molar-refractivity contribution in [3.05, 3.63) is 24.6 Å². The van der Waals surface area contributed by atoms with Gasteiger partial charge in [-0.1, -0.05) is 0 Å². The molecule has 0 atom stereocenters. The van der Waals surface area contributed by atoms with Crippen molar-refractivity contribution >= 4 is 16.8 Å². The van der Waals surface area contributed by atoms with Crippen molar-refractivity contribution in [2.45, 2.75) is 0 Å². The van der Waals surface area contributed by atoms with E-state index in [1.54, 1.807) is 18.2 Å². The summed E-state index contributed by atoms with van der Waals surface area (Å²) in [4.78, 5) is 3.93. The predicted octanol–water partition coefficient (Wildman–Crippen LogP) is 1.41. The van der Waals surface area contributed by atoms with Crippen molar-refractivity contribution in [3.63, 3.8) is 0 Å². The first kappa shape index (κ1) is 5.29. The number of hydrogen-bond donors (Lipinski definition) is 1. The van der Waals surface area contributed by atoms with Crippen molar-refractivity contribution in [1.82, 2.24) is 4.98 Å². The van der Waals surface area contributed by atoms with Crippen LogP contribution >= 0.6 is 0 Å². The van der Waals surface area contributed by atoms with Gasteiger partial charge in [0.1, 0.15) is 5.52 Å². The maximum absolute atomic E-state index is 5.50. The number of nitrogens with zero attached hydrogens (tertiary/aromatic N) is 1. The monoisotopic (exact) mass is 134 g/mol. The topological polar surface area (TPSA) is 52.0 Å². The van der Waals surface area contributed by atoms with Gasteiger partial charge in [-0.15, -0.1) is 0 Å². The fourth-order valence-corrected chi connectivity index (χ4v) is 0.875. The third-order valence-corrected chi connectivity index (χ3v) is 1.35. The summed E-state index contributed by atoms with van der Waals surface area (Å²) in [5, 5.41) is 0. The third-order valence-electron chi connectivity index (χ3n) is 1.35. The molecule has 0 fully saturated rings. The number of nitrogen functional groups attached to an aromatic ring is 1. The van der Waals surface area contributed by atoms with Gasteiger partial charge in [-0.25, -0.2) is 4.98 Å². The van der Waals surface area contributed by atoms with Crippen LogP contribution in [0.4, 0.5) is 5.69 Å². The molecule has 0 unspecified atom stereocenters. The second-order valence-electron chi connectivity index (χ2n) is 2.08. The van der Waals surface area contributed by atoms with Crippen LogP contribution < -0.4 is 5.73 Å². The van der Waals surface area contributed by atoms with Gasteiger partial charge in [0.25, 0.3) is 0 Å². The summed E-state index contributed by atoms with van der Waals surface area (Å²) in [5.74, 6) is 0. The highest BCUT2D eigenvalue weighted by atomic mass is 16.3. The van der Waals surface area contributed by atoms with Crippen LogP contribution in [0.25, 0.3) is 11.1 Å². The maximum atomic E-state index is 5.50. The summed E-state index contributed by atoms with van der Waals surface area (Å²) in [6, 6.07) is 5.37. The van der Waals surface area contributed by atoms with Crippen LogP contribution in [0, 0.1) is 0 Å². The molecule has 10 heavy (non-hydrogen) atoms. The molecule has 3 nitrogen and oxygen atoms in total. The average molecular weight is 134 g/mol. The van der Waals surface area contributed by atoms with Gasteiger partial charge in [-0.3, -0.25) is 0 Å². The second-order valence-corrected chi connectivity index (χ2v) is 2.08. The summed E-state index contributed by atoms with van der Waals surface area (Å²) in [6.45, 7) is 0. The van der Waals surface area contributed by atoms with Crippen molar-refractivity contribution in [3.8, 4) is 0 Å². The standard InChI is InChI=1S/C7H6N2O/c8-5-1-2-7-6(3-5)9-4-10-7/h1-4H,8H2. The Labute approximate surface area is 57.5 Å². The van der Waals surface area contributed by atoms with E-state index in [0.717, 1.165) is 11.1 Å². The summed E-state index contributed by atoms with van der Waals surface area (Å²) in [5.41, 5.74) is 7.79. The fourth-order valence-electron chi connectivity index (χ4n) is 0.875. The number of hydrogen-bond acceptors (Lipinski definition) is 3. The number of anilines is 1. The molecule has 1 aromatic heterocycles. The molecule has 0 aliphatic carbocycles. The van der Waals surface area contributed by atoms with E-state index in [2.05, 4.69) is 4.98 Å². The van der Waals surface area contributed by atoms with E-state index >= 15 is 0 Å². The molecule has 1 heterocycles. The molecular formula is C7H6N2O. The highest BCUT2D eigenvalue weighted by molar-refractivity contribution is 5.75. The molecule has 0 spiro atoms. The Morgan fingerprint density at radius 1 is 1.40 bits per heavy atom. The number of fused-ring (bicyclic) bond motifs is 1. The Balaban J connectivity index is 2.86. The van der Waals surface area contributed by atoms with Crippen molar-refractivity contribution in [2.75, 3.05) is 5.73 Å². The van der Waals surface area contributed by atoms with Crippen molar-refractivity contribution < 1.29 is 4.42 Å². The molecule has 0 amide bonds. The van der Waals surface area contributed by atoms with Crippen LogP contribution in [0.15, 0.2) is 29.0 Å². The van der Waals surface area contributed by atoms with E-state index in [9.17, 15) is 0 Å². The number of benzene rings is 1. The first-order valence-electron chi connectivity index (χ1n) is 2.95. The van der Waals surface area contributed by atoms with Crippen LogP contribution in [-0.4, -0.2) is 4.98 Å². The Kier molecular flexibility index (Phi) is 0.917. The summed E-state index contributed by atoms with van der Waals surface area (Å²) >= 11 is 0. The highest BCUT2D eigenvalue weighted by Crippen LogP contribution is 2.14. The van der Waals surface area contributed by atoms with E-state index in [4.69, 9.17) is 10.2 Å². The maximum Gasteiger partial charge on any atom is 0.181 e. The molecule has 2 N–H and O–H groups in total. The lowest BCUT2D eigenvalue weighted by Crippen LogP contribution is -1.81. The van der Waals surface area contributed by atoms with Gasteiger partial charge in [-0.2, -0.15) is 0 Å². The van der Waals surface area contributed by atoms with Crippen molar-refractivity contribution in [1.29, 1.82) is 0 Å². The largest absolute Gasteiger partial charge is 0.443 e. The number of oxazole rings is 1. The van der Waals surface area contributed by atoms with Gasteiger partial charge >= 0.3 is 0 Å². The zero-order valence-electron chi connectivity index (χ0n) is 5.24. The summed E-state index contributed by atoms with van der Waals surface area (Å²) in [7, 11) is 0. The Bertz CT molecular complexity index is 353. The molecule has 0 bridgehead atoms. The minimum atomic E-state index is 0.710. The molecule has 50 valence electrons. The minimum absolute atomic E-state index is 0.710. The summed E-state index contributed by atoms with van der Waals surface area (Å²) < 4.78 is 5.01. The smallest absolute Gasteiger partial charge is 0.181 e. The molecule has 0 aliphatic heterocycles. The van der Waals surface area contributed by atoms with Crippen LogP contribution in [0.3, 0.4) is 0 Å². The van der Waals surface area contributed by atoms with E-state index < -0.39 is 0 Å². The predicted molar refractivity (Wildman–Crippen MR) is 38.4 cm³/mol. The highest BCUT2D eigenvalue weighted by Gasteiger charge is 1.95. The van der Waals surface area contributed by atoms with Crippen LogP contribution in [0.5, 0.6) is 0 Å². The summed E-state index contributed by atoms with van der Waals surface area (Å²) in [6.07, 6.45) is 1.41. The molecule has 0 saturated heterocycles. The van der Waals surface area contributed by atoms with Gasteiger partial charge in [0.2, 0.25) is 0 Å². The van der Waals surface area contributed by atoms with Crippen LogP contribution in [-0.2, 0) is 0 Å². The molecule has 0 saturated carbocycles. The second kappa shape index (κ2) is 1.73. The Hall–Kier alpha value is -1.51. The first-order valence-corrected chi connectivity index (χ1v) is 2.95. The SMILES string of the molecule is Nc1ccc2ocnc2c1. The minimum Gasteiger partial charge on any atom is -0.443 e. The molecule has 1 aromatic carbocycles. The number of nitrogens with two attached hydrogens (primary N) is 1. The normalized spacial score (nSPS) is 10.4. The molecule has 2 rings (SSSR count). The average Bonchev–Trinajstić information content (AvgIpc) is 2.33. The lowest BCUT2D eigenvalue weighted by Gasteiger charge is -1.88. The molecule has 3 heteroatoms. The van der Waals surface area contributed by atoms with Gasteiger partial charge in [0, 0.05) is 5.69 Å². The molecule has 0 radical (unpaired) electrons. The third kappa shape index (κ3) is 0.639.